The van der Waals surface area contributed by atoms with E-state index in [0.717, 1.165) is 22.3 Å². The van der Waals surface area contributed by atoms with Crippen LogP contribution in [0.3, 0.4) is 0 Å². The minimum atomic E-state index is -0.315. The standard InChI is InChI=1S/C20H24BNO2/c1-19(2)20(3,4)24-21(23-19)17-11-7-15(8-12-17)5-6-16-9-13-18(22)14-10-16/h5-14H,22H2,1-4H3. The third-order valence-corrected chi connectivity index (χ3v) is 4.87. The molecule has 1 saturated heterocycles. The van der Waals surface area contributed by atoms with Crippen LogP contribution >= 0.6 is 0 Å². The lowest BCUT2D eigenvalue weighted by Gasteiger charge is -2.32. The van der Waals surface area contributed by atoms with Gasteiger partial charge >= 0.3 is 7.12 Å². The van der Waals surface area contributed by atoms with Crippen LogP contribution in [0.15, 0.2) is 48.5 Å². The van der Waals surface area contributed by atoms with Crippen molar-refractivity contribution in [2.24, 2.45) is 0 Å². The van der Waals surface area contributed by atoms with E-state index in [-0.39, 0.29) is 18.3 Å². The van der Waals surface area contributed by atoms with Crippen molar-refractivity contribution < 1.29 is 9.31 Å². The lowest BCUT2D eigenvalue weighted by molar-refractivity contribution is 0.00578. The highest BCUT2D eigenvalue weighted by Crippen LogP contribution is 2.36. The molecule has 4 heteroatoms. The lowest BCUT2D eigenvalue weighted by Crippen LogP contribution is -2.41. The van der Waals surface area contributed by atoms with Crippen molar-refractivity contribution in [3.8, 4) is 0 Å². The molecule has 3 rings (SSSR count). The number of benzene rings is 2. The summed E-state index contributed by atoms with van der Waals surface area (Å²) < 4.78 is 12.2. The summed E-state index contributed by atoms with van der Waals surface area (Å²) in [4.78, 5) is 0. The number of rotatable bonds is 3. The molecule has 1 heterocycles. The average molecular weight is 321 g/mol. The predicted molar refractivity (Wildman–Crippen MR) is 102 cm³/mol. The van der Waals surface area contributed by atoms with Crippen molar-refractivity contribution >= 4 is 30.4 Å². The van der Waals surface area contributed by atoms with E-state index in [9.17, 15) is 0 Å². The summed E-state index contributed by atoms with van der Waals surface area (Å²) >= 11 is 0. The maximum atomic E-state index is 6.08. The van der Waals surface area contributed by atoms with E-state index >= 15 is 0 Å². The Hall–Kier alpha value is -2.04. The zero-order valence-electron chi connectivity index (χ0n) is 14.7. The zero-order valence-corrected chi connectivity index (χ0v) is 14.7. The molecule has 0 aliphatic carbocycles. The van der Waals surface area contributed by atoms with Crippen LogP contribution < -0.4 is 11.2 Å². The minimum Gasteiger partial charge on any atom is -0.399 e. The zero-order chi connectivity index (χ0) is 17.4. The van der Waals surface area contributed by atoms with E-state index in [2.05, 4.69) is 64.1 Å². The topological polar surface area (TPSA) is 44.5 Å². The SMILES string of the molecule is CC1(C)OB(c2ccc(C=Cc3ccc(N)cc3)cc2)OC1(C)C. The van der Waals surface area contributed by atoms with Crippen molar-refractivity contribution in [1.29, 1.82) is 0 Å². The lowest BCUT2D eigenvalue weighted by atomic mass is 9.79. The second-order valence-corrected chi connectivity index (χ2v) is 7.25. The maximum Gasteiger partial charge on any atom is 0.494 e. The first-order chi connectivity index (χ1) is 11.3. The van der Waals surface area contributed by atoms with Gasteiger partial charge in [0.1, 0.15) is 0 Å². The number of anilines is 1. The monoisotopic (exact) mass is 321 g/mol. The molecule has 3 nitrogen and oxygen atoms in total. The summed E-state index contributed by atoms with van der Waals surface area (Å²) in [6.07, 6.45) is 4.16. The van der Waals surface area contributed by atoms with Gasteiger partial charge in [0.15, 0.2) is 0 Å². The first-order valence-corrected chi connectivity index (χ1v) is 8.26. The van der Waals surface area contributed by atoms with Crippen molar-refractivity contribution in [3.63, 3.8) is 0 Å². The summed E-state index contributed by atoms with van der Waals surface area (Å²) in [7, 11) is -0.315. The van der Waals surface area contributed by atoms with E-state index in [4.69, 9.17) is 15.0 Å². The molecule has 24 heavy (non-hydrogen) atoms. The smallest absolute Gasteiger partial charge is 0.399 e. The van der Waals surface area contributed by atoms with E-state index in [1.807, 2.05) is 24.3 Å². The van der Waals surface area contributed by atoms with Gasteiger partial charge in [-0.3, -0.25) is 0 Å². The van der Waals surface area contributed by atoms with Crippen molar-refractivity contribution in [2.45, 2.75) is 38.9 Å². The molecule has 2 N–H and O–H groups in total. The molecule has 124 valence electrons. The molecule has 2 aromatic carbocycles. The molecular formula is C20H24BNO2. The average Bonchev–Trinajstić information content (AvgIpc) is 2.75. The summed E-state index contributed by atoms with van der Waals surface area (Å²) in [5.41, 5.74) is 9.15. The molecule has 0 amide bonds. The van der Waals surface area contributed by atoms with Crippen LogP contribution in [0, 0.1) is 0 Å². The summed E-state index contributed by atoms with van der Waals surface area (Å²) in [6, 6.07) is 16.1. The highest BCUT2D eigenvalue weighted by Gasteiger charge is 2.51. The van der Waals surface area contributed by atoms with Crippen LogP contribution in [0.2, 0.25) is 0 Å². The van der Waals surface area contributed by atoms with Crippen LogP contribution in [0.1, 0.15) is 38.8 Å². The maximum absolute atomic E-state index is 6.08. The van der Waals surface area contributed by atoms with Gasteiger partial charge in [-0.1, -0.05) is 48.6 Å². The Morgan fingerprint density at radius 3 is 1.62 bits per heavy atom. The minimum absolute atomic E-state index is 0.314. The molecule has 1 aliphatic rings. The summed E-state index contributed by atoms with van der Waals surface area (Å²) in [5, 5.41) is 0. The van der Waals surface area contributed by atoms with Crippen LogP contribution in [0.25, 0.3) is 12.2 Å². The van der Waals surface area contributed by atoms with E-state index < -0.39 is 0 Å². The van der Waals surface area contributed by atoms with Gasteiger partial charge in [0, 0.05) is 5.69 Å². The second-order valence-electron chi connectivity index (χ2n) is 7.25. The van der Waals surface area contributed by atoms with E-state index in [1.54, 1.807) is 0 Å². The molecule has 1 aliphatic heterocycles. The quantitative estimate of drug-likeness (QED) is 0.532. The van der Waals surface area contributed by atoms with Crippen molar-refractivity contribution in [2.75, 3.05) is 5.73 Å². The fourth-order valence-electron chi connectivity index (χ4n) is 2.54. The fourth-order valence-corrected chi connectivity index (χ4v) is 2.54. The molecule has 0 atom stereocenters. The van der Waals surface area contributed by atoms with Crippen LogP contribution in [0.4, 0.5) is 5.69 Å². The Morgan fingerprint density at radius 2 is 1.17 bits per heavy atom. The van der Waals surface area contributed by atoms with Gasteiger partial charge in [-0.15, -0.1) is 0 Å². The summed E-state index contributed by atoms with van der Waals surface area (Å²) in [6.45, 7) is 8.26. The molecule has 0 saturated carbocycles. The second kappa shape index (κ2) is 6.12. The Morgan fingerprint density at radius 1 is 0.750 bits per heavy atom. The van der Waals surface area contributed by atoms with Gasteiger partial charge < -0.3 is 15.0 Å². The van der Waals surface area contributed by atoms with Crippen molar-refractivity contribution in [1.82, 2.24) is 0 Å². The molecule has 0 spiro atoms. The van der Waals surface area contributed by atoms with Gasteiger partial charge in [0.25, 0.3) is 0 Å². The van der Waals surface area contributed by atoms with E-state index in [0.29, 0.717) is 0 Å². The Labute approximate surface area is 144 Å². The van der Waals surface area contributed by atoms with Crippen LogP contribution in [-0.4, -0.2) is 18.3 Å². The van der Waals surface area contributed by atoms with Gasteiger partial charge in [-0.05, 0) is 56.4 Å². The summed E-state index contributed by atoms with van der Waals surface area (Å²) in [5.74, 6) is 0. The number of nitrogen functional groups attached to an aromatic ring is 1. The van der Waals surface area contributed by atoms with E-state index in [1.165, 1.54) is 0 Å². The first kappa shape index (κ1) is 16.8. The van der Waals surface area contributed by atoms with Gasteiger partial charge in [0.05, 0.1) is 11.2 Å². The van der Waals surface area contributed by atoms with Crippen LogP contribution in [-0.2, 0) is 9.31 Å². The predicted octanol–water partition coefficient (Wildman–Crippen LogP) is 3.74. The van der Waals surface area contributed by atoms with Crippen molar-refractivity contribution in [3.05, 3.63) is 59.7 Å². The molecule has 2 aromatic rings. The molecular weight excluding hydrogens is 297 g/mol. The third-order valence-electron chi connectivity index (χ3n) is 4.87. The highest BCUT2D eigenvalue weighted by atomic mass is 16.7. The highest BCUT2D eigenvalue weighted by molar-refractivity contribution is 6.62. The van der Waals surface area contributed by atoms with Gasteiger partial charge in [-0.25, -0.2) is 0 Å². The van der Waals surface area contributed by atoms with Gasteiger partial charge in [-0.2, -0.15) is 0 Å². The molecule has 1 fully saturated rings. The Bertz CT molecular complexity index is 717. The molecule has 0 bridgehead atoms. The first-order valence-electron chi connectivity index (χ1n) is 8.26. The number of hydrogen-bond acceptors (Lipinski definition) is 3. The Kier molecular flexibility index (Phi) is 4.28. The molecule has 0 radical (unpaired) electrons. The largest absolute Gasteiger partial charge is 0.494 e. The molecule has 0 aromatic heterocycles. The van der Waals surface area contributed by atoms with Gasteiger partial charge in [0.2, 0.25) is 0 Å². The Balaban J connectivity index is 1.71. The number of nitrogens with two attached hydrogens (primary N) is 1. The van der Waals surface area contributed by atoms with Crippen LogP contribution in [0.5, 0.6) is 0 Å². The normalized spacial score (nSPS) is 19.1. The third kappa shape index (κ3) is 3.40. The fraction of sp³-hybridized carbons (Fsp3) is 0.300. The number of hydrogen-bond donors (Lipinski definition) is 1. The molecule has 0 unspecified atom stereocenters.